The highest BCUT2D eigenvalue weighted by Crippen LogP contribution is 2.25. The molecule has 2 N–H and O–H groups in total. The molecule has 14 heavy (non-hydrogen) atoms. The van der Waals surface area contributed by atoms with Crippen LogP contribution in [0.1, 0.15) is 13.3 Å². The number of hydrogen-bond acceptors (Lipinski definition) is 4. The first-order valence-electron chi connectivity index (χ1n) is 4.81. The van der Waals surface area contributed by atoms with Crippen molar-refractivity contribution in [3.63, 3.8) is 0 Å². The molecule has 0 aromatic heterocycles. The van der Waals surface area contributed by atoms with Gasteiger partial charge in [-0.3, -0.25) is 0 Å². The molecule has 0 bridgehead atoms. The Morgan fingerprint density at radius 1 is 1.50 bits per heavy atom. The van der Waals surface area contributed by atoms with Gasteiger partial charge in [-0.1, -0.05) is 6.92 Å². The molecule has 1 heterocycles. The fourth-order valence-corrected chi connectivity index (χ4v) is 3.30. The molecule has 4 nitrogen and oxygen atoms in total. The predicted molar refractivity (Wildman–Crippen MR) is 61.2 cm³/mol. The van der Waals surface area contributed by atoms with E-state index < -0.39 is 10.0 Å². The van der Waals surface area contributed by atoms with Gasteiger partial charge in [0.25, 0.3) is 0 Å². The van der Waals surface area contributed by atoms with Crippen molar-refractivity contribution in [2.75, 3.05) is 25.1 Å². The summed E-state index contributed by atoms with van der Waals surface area (Å²) in [7, 11) is -1.60. The van der Waals surface area contributed by atoms with Crippen molar-refractivity contribution < 1.29 is 8.42 Å². The average molecular weight is 238 g/mol. The number of rotatable bonds is 5. The van der Waals surface area contributed by atoms with E-state index in [4.69, 9.17) is 0 Å². The van der Waals surface area contributed by atoms with E-state index >= 15 is 0 Å². The van der Waals surface area contributed by atoms with E-state index in [0.717, 1.165) is 6.42 Å². The van der Waals surface area contributed by atoms with Crippen molar-refractivity contribution in [1.82, 2.24) is 10.0 Å². The Morgan fingerprint density at radius 3 is 2.71 bits per heavy atom. The molecule has 0 spiro atoms. The average Bonchev–Trinajstić information content (AvgIpc) is 2.52. The van der Waals surface area contributed by atoms with Gasteiger partial charge in [0.1, 0.15) is 0 Å². The first-order valence-corrected chi connectivity index (χ1v) is 7.51. The maximum absolute atomic E-state index is 11.1. The molecule has 2 unspecified atom stereocenters. The second kappa shape index (κ2) is 5.34. The van der Waals surface area contributed by atoms with E-state index in [1.165, 1.54) is 12.8 Å². The topological polar surface area (TPSA) is 58.2 Å². The number of hydrogen-bond donors (Lipinski definition) is 2. The van der Waals surface area contributed by atoms with Gasteiger partial charge in [0.15, 0.2) is 0 Å². The van der Waals surface area contributed by atoms with Gasteiger partial charge in [-0.2, -0.15) is 11.8 Å². The van der Waals surface area contributed by atoms with Gasteiger partial charge >= 0.3 is 0 Å². The molecule has 1 aliphatic heterocycles. The van der Waals surface area contributed by atoms with Crippen LogP contribution in [0.2, 0.25) is 0 Å². The van der Waals surface area contributed by atoms with E-state index in [2.05, 4.69) is 17.0 Å². The van der Waals surface area contributed by atoms with Gasteiger partial charge in [0.2, 0.25) is 10.0 Å². The van der Waals surface area contributed by atoms with Crippen molar-refractivity contribution in [2.24, 2.45) is 0 Å². The minimum Gasteiger partial charge on any atom is -0.312 e. The second-order valence-corrected chi connectivity index (χ2v) is 6.98. The fraction of sp³-hybridized carbons (Fsp3) is 1.00. The Bertz CT molecular complexity index is 267. The Kier molecular flexibility index (Phi) is 4.69. The van der Waals surface area contributed by atoms with Gasteiger partial charge in [-0.15, -0.1) is 0 Å². The van der Waals surface area contributed by atoms with E-state index in [1.54, 1.807) is 0 Å². The molecule has 0 aromatic rings. The zero-order valence-corrected chi connectivity index (χ0v) is 10.2. The van der Waals surface area contributed by atoms with Crippen molar-refractivity contribution >= 4 is 21.8 Å². The van der Waals surface area contributed by atoms with Crippen molar-refractivity contribution in [3.05, 3.63) is 0 Å². The molecular weight excluding hydrogens is 220 g/mol. The lowest BCUT2D eigenvalue weighted by atomic mass is 10.2. The first kappa shape index (κ1) is 12.3. The van der Waals surface area contributed by atoms with Crippen LogP contribution >= 0.6 is 11.8 Å². The largest absolute Gasteiger partial charge is 0.312 e. The minimum absolute atomic E-state index is 0.164. The summed E-state index contributed by atoms with van der Waals surface area (Å²) in [6.07, 6.45) is 1.14. The number of thioether (sulfide) groups is 1. The van der Waals surface area contributed by atoms with Gasteiger partial charge < -0.3 is 5.32 Å². The van der Waals surface area contributed by atoms with E-state index in [-0.39, 0.29) is 5.75 Å². The zero-order chi connectivity index (χ0) is 10.6. The molecule has 1 rings (SSSR count). The maximum atomic E-state index is 11.1. The summed E-state index contributed by atoms with van der Waals surface area (Å²) in [4.78, 5) is 0. The van der Waals surface area contributed by atoms with E-state index in [9.17, 15) is 8.42 Å². The van der Waals surface area contributed by atoms with Crippen LogP contribution < -0.4 is 10.0 Å². The molecule has 0 saturated carbocycles. The molecule has 0 aromatic carbocycles. The van der Waals surface area contributed by atoms with Crippen molar-refractivity contribution in [3.8, 4) is 0 Å². The standard InChI is InChI=1S/C8H18N2O2S2/c1-7-8(3-5-13-7)10-4-6-14(11,12)9-2/h7-10H,3-6H2,1-2H3. The summed E-state index contributed by atoms with van der Waals surface area (Å²) >= 11 is 1.94. The molecule has 0 aliphatic carbocycles. The molecule has 84 valence electrons. The Morgan fingerprint density at radius 2 is 2.21 bits per heavy atom. The fourth-order valence-electron chi connectivity index (χ4n) is 1.48. The predicted octanol–water partition coefficient (Wildman–Crippen LogP) is 0.0192. The summed E-state index contributed by atoms with van der Waals surface area (Å²) in [5.74, 6) is 1.34. The summed E-state index contributed by atoms with van der Waals surface area (Å²) < 4.78 is 24.5. The Labute approximate surface area is 90.3 Å². The van der Waals surface area contributed by atoms with E-state index in [1.807, 2.05) is 11.8 Å². The highest BCUT2D eigenvalue weighted by Gasteiger charge is 2.23. The molecular formula is C8H18N2O2S2. The highest BCUT2D eigenvalue weighted by atomic mass is 32.2. The van der Waals surface area contributed by atoms with Crippen LogP contribution in [0.15, 0.2) is 0 Å². The minimum atomic E-state index is -3.05. The molecule has 1 aliphatic rings. The summed E-state index contributed by atoms with van der Waals surface area (Å²) in [6, 6.07) is 0.479. The molecule has 1 fully saturated rings. The SMILES string of the molecule is CNS(=O)(=O)CCNC1CCSC1C. The van der Waals surface area contributed by atoms with Crippen LogP contribution in [-0.2, 0) is 10.0 Å². The number of nitrogens with one attached hydrogen (secondary N) is 2. The molecule has 2 atom stereocenters. The lowest BCUT2D eigenvalue weighted by Crippen LogP contribution is -2.38. The normalized spacial score (nSPS) is 28.1. The zero-order valence-electron chi connectivity index (χ0n) is 8.62. The molecule has 6 heteroatoms. The Hall–Kier alpha value is 0.220. The first-order chi connectivity index (χ1) is 6.55. The maximum Gasteiger partial charge on any atom is 0.212 e. The highest BCUT2D eigenvalue weighted by molar-refractivity contribution is 8.00. The molecule has 0 amide bonds. The smallest absolute Gasteiger partial charge is 0.212 e. The third-order valence-electron chi connectivity index (χ3n) is 2.46. The van der Waals surface area contributed by atoms with Crippen LogP contribution in [0.25, 0.3) is 0 Å². The monoisotopic (exact) mass is 238 g/mol. The van der Waals surface area contributed by atoms with Crippen LogP contribution in [-0.4, -0.2) is 44.8 Å². The number of sulfonamides is 1. The summed E-state index contributed by atoms with van der Waals surface area (Å²) in [6.45, 7) is 2.72. The summed E-state index contributed by atoms with van der Waals surface area (Å²) in [5.41, 5.74) is 0. The van der Waals surface area contributed by atoms with Crippen molar-refractivity contribution in [1.29, 1.82) is 0 Å². The summed E-state index contributed by atoms with van der Waals surface area (Å²) in [5, 5.41) is 3.89. The second-order valence-electron chi connectivity index (χ2n) is 3.45. The van der Waals surface area contributed by atoms with Gasteiger partial charge in [-0.05, 0) is 19.2 Å². The van der Waals surface area contributed by atoms with Gasteiger partial charge in [0.05, 0.1) is 5.75 Å². The quantitative estimate of drug-likeness (QED) is 0.709. The van der Waals surface area contributed by atoms with Gasteiger partial charge in [-0.25, -0.2) is 13.1 Å². The molecule has 1 saturated heterocycles. The van der Waals surface area contributed by atoms with Crippen LogP contribution in [0.5, 0.6) is 0 Å². The van der Waals surface area contributed by atoms with Crippen LogP contribution in [0.3, 0.4) is 0 Å². The molecule has 0 radical (unpaired) electrons. The van der Waals surface area contributed by atoms with Gasteiger partial charge in [0, 0.05) is 17.8 Å². The van der Waals surface area contributed by atoms with Crippen molar-refractivity contribution in [2.45, 2.75) is 24.6 Å². The third kappa shape index (κ3) is 3.76. The van der Waals surface area contributed by atoms with Crippen LogP contribution in [0.4, 0.5) is 0 Å². The third-order valence-corrected chi connectivity index (χ3v) is 5.15. The Balaban J connectivity index is 2.21. The lowest BCUT2D eigenvalue weighted by Gasteiger charge is -2.16. The van der Waals surface area contributed by atoms with Crippen LogP contribution in [0, 0.1) is 0 Å². The van der Waals surface area contributed by atoms with E-state index in [0.29, 0.717) is 17.8 Å². The lowest BCUT2D eigenvalue weighted by molar-refractivity contribution is 0.524.